The van der Waals surface area contributed by atoms with Crippen LogP contribution in [0, 0.1) is 5.41 Å². The molecule has 0 amide bonds. The van der Waals surface area contributed by atoms with Gasteiger partial charge < -0.3 is 0 Å². The van der Waals surface area contributed by atoms with E-state index < -0.39 is 0 Å². The van der Waals surface area contributed by atoms with Crippen molar-refractivity contribution >= 4 is 46.2 Å². The van der Waals surface area contributed by atoms with Crippen molar-refractivity contribution in [3.8, 4) is 0 Å². The minimum absolute atomic E-state index is 0.0709. The molecule has 1 aliphatic carbocycles. The molecule has 0 atom stereocenters. The summed E-state index contributed by atoms with van der Waals surface area (Å²) in [5.74, 6) is 0. The molecule has 0 aromatic heterocycles. The third kappa shape index (κ3) is 1.46. The van der Waals surface area contributed by atoms with Gasteiger partial charge in [0.1, 0.15) is 29.8 Å². The lowest BCUT2D eigenvalue weighted by atomic mass is 9.58. The lowest BCUT2D eigenvalue weighted by Gasteiger charge is -2.45. The maximum absolute atomic E-state index is 11.3. The van der Waals surface area contributed by atoms with Crippen molar-refractivity contribution in [2.45, 2.75) is 52.4 Å². The SMILES string of the molecule is [B]c1c([B])c2c(c([B])c1C=O)C(C)(C)C(C)(C)C2(C)C. The van der Waals surface area contributed by atoms with Crippen molar-refractivity contribution in [3.63, 3.8) is 0 Å². The third-order valence-electron chi connectivity index (χ3n) is 6.15. The topological polar surface area (TPSA) is 17.1 Å². The number of hydrogen-bond donors (Lipinski definition) is 0. The van der Waals surface area contributed by atoms with E-state index in [0.717, 1.165) is 11.1 Å². The number of aldehydes is 1. The molecule has 98 valence electrons. The molecule has 20 heavy (non-hydrogen) atoms. The van der Waals surface area contributed by atoms with Crippen LogP contribution in [0.25, 0.3) is 0 Å². The van der Waals surface area contributed by atoms with E-state index in [1.807, 2.05) is 0 Å². The minimum Gasteiger partial charge on any atom is -0.298 e. The first-order chi connectivity index (χ1) is 8.92. The summed E-state index contributed by atoms with van der Waals surface area (Å²) >= 11 is 0. The Morgan fingerprint density at radius 1 is 0.750 bits per heavy atom. The zero-order valence-corrected chi connectivity index (χ0v) is 13.2. The van der Waals surface area contributed by atoms with Crippen LogP contribution in [0.2, 0.25) is 0 Å². The van der Waals surface area contributed by atoms with E-state index in [1.165, 1.54) is 0 Å². The fourth-order valence-corrected chi connectivity index (χ4v) is 3.66. The van der Waals surface area contributed by atoms with Gasteiger partial charge in [0.05, 0.1) is 0 Å². The fourth-order valence-electron chi connectivity index (χ4n) is 3.66. The van der Waals surface area contributed by atoms with Gasteiger partial charge in [-0.3, -0.25) is 4.79 Å². The van der Waals surface area contributed by atoms with Gasteiger partial charge in [-0.05, 0) is 32.9 Å². The smallest absolute Gasteiger partial charge is 0.148 e. The Labute approximate surface area is 126 Å². The second kappa shape index (κ2) is 4.05. The van der Waals surface area contributed by atoms with Crippen molar-refractivity contribution in [1.29, 1.82) is 0 Å². The summed E-state index contributed by atoms with van der Waals surface area (Å²) < 4.78 is 0. The summed E-state index contributed by atoms with van der Waals surface area (Å²) in [4.78, 5) is 11.3. The van der Waals surface area contributed by atoms with Gasteiger partial charge in [-0.25, -0.2) is 0 Å². The summed E-state index contributed by atoms with van der Waals surface area (Å²) in [5.41, 5.74) is 3.12. The molecule has 0 N–H and O–H groups in total. The average Bonchev–Trinajstić information content (AvgIpc) is 2.42. The monoisotopic (exact) mass is 260 g/mol. The number of carbonyl (C=O) groups is 1. The molecule has 0 spiro atoms. The van der Waals surface area contributed by atoms with E-state index in [2.05, 4.69) is 41.5 Å². The zero-order valence-electron chi connectivity index (χ0n) is 13.2. The molecule has 6 radical (unpaired) electrons. The van der Waals surface area contributed by atoms with E-state index in [1.54, 1.807) is 0 Å². The number of benzene rings is 1. The molecule has 0 saturated carbocycles. The second-order valence-corrected chi connectivity index (χ2v) is 7.40. The van der Waals surface area contributed by atoms with E-state index in [4.69, 9.17) is 23.5 Å². The van der Waals surface area contributed by atoms with Gasteiger partial charge >= 0.3 is 0 Å². The molecule has 1 aliphatic rings. The number of fused-ring (bicyclic) bond motifs is 1. The molecule has 0 bridgehead atoms. The van der Waals surface area contributed by atoms with Crippen molar-refractivity contribution in [2.24, 2.45) is 5.41 Å². The Hall–Kier alpha value is -0.915. The van der Waals surface area contributed by atoms with E-state index >= 15 is 0 Å². The zero-order chi connectivity index (χ0) is 15.7. The van der Waals surface area contributed by atoms with Crippen LogP contribution in [-0.4, -0.2) is 29.8 Å². The van der Waals surface area contributed by atoms with E-state index in [-0.39, 0.29) is 16.2 Å². The summed E-state index contributed by atoms with van der Waals surface area (Å²) in [7, 11) is 18.6. The van der Waals surface area contributed by atoms with Gasteiger partial charge in [0.2, 0.25) is 0 Å². The molecule has 0 saturated heterocycles. The minimum atomic E-state index is -0.199. The van der Waals surface area contributed by atoms with Crippen LogP contribution in [0.1, 0.15) is 63.0 Å². The largest absolute Gasteiger partial charge is 0.298 e. The Bertz CT molecular complexity index is 613. The summed E-state index contributed by atoms with van der Waals surface area (Å²) in [6.07, 6.45) is 0.704. The van der Waals surface area contributed by atoms with Crippen LogP contribution >= 0.6 is 0 Å². The molecule has 4 heteroatoms. The van der Waals surface area contributed by atoms with Crippen LogP contribution < -0.4 is 16.4 Å². The van der Waals surface area contributed by atoms with Crippen LogP contribution in [0.15, 0.2) is 0 Å². The molecule has 1 nitrogen and oxygen atoms in total. The first-order valence-electron chi connectivity index (χ1n) is 6.89. The van der Waals surface area contributed by atoms with Crippen LogP contribution in [0.5, 0.6) is 0 Å². The summed E-state index contributed by atoms with van der Waals surface area (Å²) in [6.45, 7) is 13.1. The van der Waals surface area contributed by atoms with Crippen LogP contribution in [0.4, 0.5) is 0 Å². The highest BCUT2D eigenvalue weighted by molar-refractivity contribution is 6.54. The average molecular weight is 260 g/mol. The van der Waals surface area contributed by atoms with Gasteiger partial charge in [0.15, 0.2) is 0 Å². The maximum Gasteiger partial charge on any atom is 0.148 e. The molecule has 0 fully saturated rings. The van der Waals surface area contributed by atoms with Crippen molar-refractivity contribution in [2.75, 3.05) is 0 Å². The number of rotatable bonds is 1. The predicted molar refractivity (Wildman–Crippen MR) is 87.8 cm³/mol. The third-order valence-corrected chi connectivity index (χ3v) is 6.15. The van der Waals surface area contributed by atoms with Crippen molar-refractivity contribution in [3.05, 3.63) is 16.7 Å². The Balaban J connectivity index is 3.05. The number of carbonyl (C=O) groups excluding carboxylic acids is 1. The quantitative estimate of drug-likeness (QED) is 0.530. The first kappa shape index (κ1) is 15.5. The summed E-state index contributed by atoms with van der Waals surface area (Å²) in [5, 5.41) is 0. The van der Waals surface area contributed by atoms with Gasteiger partial charge in [-0.1, -0.05) is 57.9 Å². The number of hydrogen-bond acceptors (Lipinski definition) is 1. The molecular formula is C16H19B3O. The lowest BCUT2D eigenvalue weighted by Crippen LogP contribution is -2.44. The summed E-state index contributed by atoms with van der Waals surface area (Å²) in [6, 6.07) is 0. The van der Waals surface area contributed by atoms with Gasteiger partial charge in [0.25, 0.3) is 0 Å². The standard InChI is InChI=1S/C16H19B3O/c1-14(2)9-10(15(3,4)16(14,5)6)13(19)12(18)8(7-20)11(9)17/h7H,1-6H3. The maximum atomic E-state index is 11.3. The van der Waals surface area contributed by atoms with E-state index in [9.17, 15) is 4.79 Å². The second-order valence-electron chi connectivity index (χ2n) is 7.40. The van der Waals surface area contributed by atoms with Gasteiger partial charge in [-0.15, -0.1) is 0 Å². The lowest BCUT2D eigenvalue weighted by molar-refractivity contribution is 0.112. The Kier molecular flexibility index (Phi) is 3.14. The predicted octanol–water partition coefficient (Wildman–Crippen LogP) is 0.476. The molecule has 0 unspecified atom stereocenters. The van der Waals surface area contributed by atoms with Crippen molar-refractivity contribution in [1.82, 2.24) is 0 Å². The van der Waals surface area contributed by atoms with Crippen LogP contribution in [-0.2, 0) is 10.8 Å². The molecule has 0 heterocycles. The normalized spacial score (nSPS) is 21.5. The molecular weight excluding hydrogens is 241 g/mol. The Morgan fingerprint density at radius 2 is 1.15 bits per heavy atom. The highest BCUT2D eigenvalue weighted by Crippen LogP contribution is 2.60. The molecule has 1 aromatic rings. The van der Waals surface area contributed by atoms with Crippen molar-refractivity contribution < 1.29 is 4.79 Å². The van der Waals surface area contributed by atoms with E-state index in [0.29, 0.717) is 28.2 Å². The molecule has 1 aromatic carbocycles. The Morgan fingerprint density at radius 3 is 1.55 bits per heavy atom. The highest BCUT2D eigenvalue weighted by atomic mass is 16.1. The molecule has 0 aliphatic heterocycles. The highest BCUT2D eigenvalue weighted by Gasteiger charge is 2.57. The van der Waals surface area contributed by atoms with Gasteiger partial charge in [-0.2, -0.15) is 0 Å². The first-order valence-corrected chi connectivity index (χ1v) is 6.89. The van der Waals surface area contributed by atoms with Gasteiger partial charge in [0, 0.05) is 0 Å². The molecule has 2 rings (SSSR count). The van der Waals surface area contributed by atoms with Crippen LogP contribution in [0.3, 0.4) is 0 Å². The fraction of sp³-hybridized carbons (Fsp3) is 0.562.